The van der Waals surface area contributed by atoms with Crippen LogP contribution in [0.4, 0.5) is 5.69 Å². The Labute approximate surface area is 160 Å². The van der Waals surface area contributed by atoms with Crippen LogP contribution in [-0.4, -0.2) is 32.7 Å². The summed E-state index contributed by atoms with van der Waals surface area (Å²) in [6.45, 7) is 0.353. The van der Waals surface area contributed by atoms with Crippen LogP contribution in [0.3, 0.4) is 0 Å². The summed E-state index contributed by atoms with van der Waals surface area (Å²) in [5, 5.41) is 2.83. The average Bonchev–Trinajstić information content (AvgIpc) is 2.59. The van der Waals surface area contributed by atoms with E-state index < -0.39 is 10.0 Å². The Balaban J connectivity index is 0.00000338. The maximum atomic E-state index is 12.0. The molecule has 2 rings (SSSR count). The Hall–Kier alpha value is -2.09. The van der Waals surface area contributed by atoms with Crippen LogP contribution in [0.25, 0.3) is 0 Å². The summed E-state index contributed by atoms with van der Waals surface area (Å²) in [5.41, 5.74) is 8.34. The van der Waals surface area contributed by atoms with Gasteiger partial charge >= 0.3 is 0 Å². The number of amides is 1. The third-order valence-electron chi connectivity index (χ3n) is 3.87. The van der Waals surface area contributed by atoms with Crippen LogP contribution < -0.4 is 11.1 Å². The fourth-order valence-electron chi connectivity index (χ4n) is 2.29. The molecule has 8 heteroatoms. The largest absolute Gasteiger partial charge is 0.399 e. The molecule has 0 aliphatic heterocycles. The Morgan fingerprint density at radius 1 is 1.08 bits per heavy atom. The molecule has 2 aromatic carbocycles. The number of carbonyl (C=O) groups excluding carboxylic acids is 1. The minimum Gasteiger partial charge on any atom is -0.399 e. The van der Waals surface area contributed by atoms with Gasteiger partial charge in [-0.2, -0.15) is 0 Å². The molecule has 0 radical (unpaired) electrons. The van der Waals surface area contributed by atoms with Crippen LogP contribution in [0.5, 0.6) is 0 Å². The molecule has 6 nitrogen and oxygen atoms in total. The lowest BCUT2D eigenvalue weighted by atomic mass is 10.1. The van der Waals surface area contributed by atoms with Crippen molar-refractivity contribution in [3.63, 3.8) is 0 Å². The number of hydrogen-bond acceptors (Lipinski definition) is 4. The molecule has 0 saturated heterocycles. The van der Waals surface area contributed by atoms with Crippen molar-refractivity contribution in [2.24, 2.45) is 0 Å². The predicted molar refractivity (Wildman–Crippen MR) is 106 cm³/mol. The van der Waals surface area contributed by atoms with Gasteiger partial charge in [0.1, 0.15) is 0 Å². The first-order chi connectivity index (χ1) is 11.8. The molecule has 0 aromatic heterocycles. The van der Waals surface area contributed by atoms with Gasteiger partial charge in [0.2, 0.25) is 15.9 Å². The number of halogens is 1. The first-order valence-corrected chi connectivity index (χ1v) is 9.36. The second-order valence-corrected chi connectivity index (χ2v) is 8.06. The number of nitrogens with two attached hydrogens (primary N) is 1. The zero-order valence-electron chi connectivity index (χ0n) is 14.8. The lowest BCUT2D eigenvalue weighted by Gasteiger charge is -2.12. The molecule has 2 aromatic rings. The summed E-state index contributed by atoms with van der Waals surface area (Å²) in [4.78, 5) is 12.2. The van der Waals surface area contributed by atoms with Crippen LogP contribution in [-0.2, 0) is 27.8 Å². The van der Waals surface area contributed by atoms with E-state index in [4.69, 9.17) is 5.73 Å². The Morgan fingerprint density at radius 2 is 1.69 bits per heavy atom. The lowest BCUT2D eigenvalue weighted by Crippen LogP contribution is -2.24. The highest BCUT2D eigenvalue weighted by Gasteiger charge is 2.16. The number of aryl methyl sites for hydroxylation is 1. The Morgan fingerprint density at radius 3 is 2.27 bits per heavy atom. The first-order valence-electron chi connectivity index (χ1n) is 7.92. The maximum Gasteiger partial charge on any atom is 0.242 e. The van der Waals surface area contributed by atoms with Crippen molar-refractivity contribution < 1.29 is 13.2 Å². The van der Waals surface area contributed by atoms with Crippen molar-refractivity contribution in [2.45, 2.75) is 24.3 Å². The topological polar surface area (TPSA) is 92.5 Å². The van der Waals surface area contributed by atoms with Gasteiger partial charge < -0.3 is 11.1 Å². The van der Waals surface area contributed by atoms with E-state index in [1.54, 1.807) is 24.3 Å². The number of anilines is 1. The normalized spacial score (nSPS) is 11.0. The third kappa shape index (κ3) is 5.72. The van der Waals surface area contributed by atoms with E-state index in [1.165, 1.54) is 18.4 Å². The minimum atomic E-state index is -3.43. The summed E-state index contributed by atoms with van der Waals surface area (Å²) in [6.07, 6.45) is 0.930. The van der Waals surface area contributed by atoms with Crippen LogP contribution in [0.15, 0.2) is 53.4 Å². The molecule has 0 spiro atoms. The molecular weight excluding hydrogens is 374 g/mol. The molecule has 0 saturated carbocycles. The minimum absolute atomic E-state index is 0. The molecule has 0 bridgehead atoms. The number of hydrogen-bond donors (Lipinski definition) is 2. The maximum absolute atomic E-state index is 12.0. The van der Waals surface area contributed by atoms with Crippen molar-refractivity contribution in [1.82, 2.24) is 9.62 Å². The van der Waals surface area contributed by atoms with Crippen molar-refractivity contribution >= 4 is 34.0 Å². The van der Waals surface area contributed by atoms with Gasteiger partial charge in [-0.3, -0.25) is 4.79 Å². The number of nitrogen functional groups attached to an aromatic ring is 1. The van der Waals surface area contributed by atoms with Gasteiger partial charge in [0.05, 0.1) is 4.90 Å². The molecule has 0 aliphatic carbocycles. The van der Waals surface area contributed by atoms with Gasteiger partial charge in [0, 0.05) is 32.7 Å². The zero-order valence-corrected chi connectivity index (χ0v) is 16.4. The molecule has 3 N–H and O–H groups in total. The van der Waals surface area contributed by atoms with Crippen LogP contribution in [0, 0.1) is 0 Å². The number of para-hydroxylation sites is 1. The molecule has 26 heavy (non-hydrogen) atoms. The van der Waals surface area contributed by atoms with Gasteiger partial charge in [-0.15, -0.1) is 12.4 Å². The number of rotatable bonds is 7. The molecule has 0 heterocycles. The number of nitrogens with zero attached hydrogens (tertiary/aromatic N) is 1. The van der Waals surface area contributed by atoms with E-state index in [-0.39, 0.29) is 23.2 Å². The Kier molecular flexibility index (Phi) is 8.08. The van der Waals surface area contributed by atoms with Crippen molar-refractivity contribution in [3.05, 3.63) is 59.7 Å². The van der Waals surface area contributed by atoms with Gasteiger partial charge in [0.15, 0.2) is 0 Å². The predicted octanol–water partition coefficient (Wildman–Crippen LogP) is 2.19. The summed E-state index contributed by atoms with van der Waals surface area (Å²) in [7, 11) is -0.456. The molecule has 0 fully saturated rings. The molecule has 0 unspecified atom stereocenters. The van der Waals surface area contributed by atoms with Crippen LogP contribution >= 0.6 is 12.4 Å². The number of carbonyl (C=O) groups is 1. The van der Waals surface area contributed by atoms with E-state index in [9.17, 15) is 13.2 Å². The highest BCUT2D eigenvalue weighted by Crippen LogP contribution is 2.14. The highest BCUT2D eigenvalue weighted by molar-refractivity contribution is 7.89. The molecule has 1 amide bonds. The van der Waals surface area contributed by atoms with E-state index >= 15 is 0 Å². The quantitative estimate of drug-likeness (QED) is 0.700. The number of benzene rings is 2. The zero-order chi connectivity index (χ0) is 18.4. The Bertz CT molecular complexity index is 837. The summed E-state index contributed by atoms with van der Waals surface area (Å²) >= 11 is 0. The summed E-state index contributed by atoms with van der Waals surface area (Å²) in [6, 6.07) is 14.0. The summed E-state index contributed by atoms with van der Waals surface area (Å²) in [5.74, 6) is -0.0757. The van der Waals surface area contributed by atoms with E-state index in [0.29, 0.717) is 25.1 Å². The van der Waals surface area contributed by atoms with Gasteiger partial charge in [0.25, 0.3) is 0 Å². The van der Waals surface area contributed by atoms with E-state index in [2.05, 4.69) is 5.32 Å². The third-order valence-corrected chi connectivity index (χ3v) is 5.70. The van der Waals surface area contributed by atoms with Gasteiger partial charge in [-0.1, -0.05) is 30.3 Å². The van der Waals surface area contributed by atoms with Crippen LogP contribution in [0.1, 0.15) is 17.5 Å². The highest BCUT2D eigenvalue weighted by atomic mass is 35.5. The smallest absolute Gasteiger partial charge is 0.242 e. The van der Waals surface area contributed by atoms with Crippen LogP contribution in [0.2, 0.25) is 0 Å². The van der Waals surface area contributed by atoms with Crippen molar-refractivity contribution in [2.75, 3.05) is 19.8 Å². The van der Waals surface area contributed by atoms with Crippen molar-refractivity contribution in [3.8, 4) is 0 Å². The first kappa shape index (κ1) is 22.0. The lowest BCUT2D eigenvalue weighted by molar-refractivity contribution is -0.121. The molecular formula is C18H24ClN3O3S. The van der Waals surface area contributed by atoms with Gasteiger partial charge in [-0.05, 0) is 35.7 Å². The monoisotopic (exact) mass is 397 g/mol. The molecule has 142 valence electrons. The standard InChI is InChI=1S/C18H23N3O3S.ClH/c1-21(2)25(23,24)16-10-7-14(8-11-16)13-20-18(22)12-9-15-5-3-4-6-17(15)19;/h3-8,10-11H,9,12-13,19H2,1-2H3,(H,20,22);1H. The number of nitrogens with one attached hydrogen (secondary N) is 1. The molecule has 0 aliphatic rings. The molecule has 0 atom stereocenters. The number of sulfonamides is 1. The van der Waals surface area contributed by atoms with E-state index in [1.807, 2.05) is 24.3 Å². The second-order valence-electron chi connectivity index (χ2n) is 5.91. The second kappa shape index (κ2) is 9.56. The van der Waals surface area contributed by atoms with E-state index in [0.717, 1.165) is 11.1 Å². The average molecular weight is 398 g/mol. The van der Waals surface area contributed by atoms with Crippen molar-refractivity contribution in [1.29, 1.82) is 0 Å². The SMILES string of the molecule is CN(C)S(=O)(=O)c1ccc(CNC(=O)CCc2ccccc2N)cc1.Cl. The fourth-order valence-corrected chi connectivity index (χ4v) is 3.19. The van der Waals surface area contributed by atoms with Gasteiger partial charge in [-0.25, -0.2) is 12.7 Å². The summed E-state index contributed by atoms with van der Waals surface area (Å²) < 4.78 is 25.2. The fraction of sp³-hybridized carbons (Fsp3) is 0.278.